The highest BCUT2D eigenvalue weighted by molar-refractivity contribution is 9.10. The van der Waals surface area contributed by atoms with Crippen LogP contribution >= 0.6 is 15.9 Å². The van der Waals surface area contributed by atoms with Crippen LogP contribution in [0.4, 0.5) is 0 Å². The topological polar surface area (TPSA) is 64.1 Å². The fraction of sp³-hybridized carbons (Fsp3) is 0.333. The predicted molar refractivity (Wildman–Crippen MR) is 84.6 cm³/mol. The fourth-order valence-corrected chi connectivity index (χ4v) is 2.55. The molecule has 2 rings (SSSR count). The van der Waals surface area contributed by atoms with Crippen LogP contribution in [0, 0.1) is 6.92 Å². The smallest absolute Gasteiger partial charge is 0.330 e. The molecule has 1 aromatic heterocycles. The zero-order valence-electron chi connectivity index (χ0n) is 12.0. The molecule has 0 amide bonds. The van der Waals surface area contributed by atoms with E-state index in [1.54, 1.807) is 6.92 Å². The summed E-state index contributed by atoms with van der Waals surface area (Å²) in [6, 6.07) is 7.78. The molecule has 0 saturated heterocycles. The predicted octanol–water partition coefficient (Wildman–Crippen LogP) is 2.19. The van der Waals surface area contributed by atoms with Gasteiger partial charge in [-0.05, 0) is 31.5 Å². The number of H-pyrrole nitrogens is 1. The Hall–Kier alpha value is -1.66. The van der Waals surface area contributed by atoms with E-state index in [1.807, 2.05) is 31.2 Å². The average molecular weight is 353 g/mol. The van der Waals surface area contributed by atoms with Gasteiger partial charge in [0.2, 0.25) is 0 Å². The summed E-state index contributed by atoms with van der Waals surface area (Å²) >= 11 is 3.42. The third-order valence-electron chi connectivity index (χ3n) is 3.25. The van der Waals surface area contributed by atoms with E-state index in [9.17, 15) is 9.59 Å². The van der Waals surface area contributed by atoms with Crippen molar-refractivity contribution in [1.29, 1.82) is 0 Å². The molecule has 21 heavy (non-hydrogen) atoms. The Kier molecular flexibility index (Phi) is 5.14. The SMILES string of the molecule is CCOCn1c(Cc2cccc(Br)c2)c(C)c(=O)[nH]c1=O. The molecule has 0 saturated carbocycles. The number of rotatable bonds is 5. The Bertz CT molecular complexity index is 749. The Morgan fingerprint density at radius 3 is 2.76 bits per heavy atom. The molecule has 0 atom stereocenters. The number of halogens is 1. The molecule has 0 radical (unpaired) electrons. The van der Waals surface area contributed by atoms with Crippen LogP contribution in [0.5, 0.6) is 0 Å². The third-order valence-corrected chi connectivity index (χ3v) is 3.74. The van der Waals surface area contributed by atoms with Crippen molar-refractivity contribution in [3.63, 3.8) is 0 Å². The lowest BCUT2D eigenvalue weighted by Crippen LogP contribution is -2.35. The number of nitrogens with one attached hydrogen (secondary N) is 1. The first kappa shape index (κ1) is 15.7. The van der Waals surface area contributed by atoms with Crippen molar-refractivity contribution in [2.45, 2.75) is 27.0 Å². The number of ether oxygens (including phenoxy) is 1. The fourth-order valence-electron chi connectivity index (χ4n) is 2.10. The van der Waals surface area contributed by atoms with Crippen LogP contribution in [0.3, 0.4) is 0 Å². The molecule has 1 aromatic carbocycles. The molecule has 2 aromatic rings. The van der Waals surface area contributed by atoms with Crippen LogP contribution in [-0.4, -0.2) is 16.2 Å². The number of hydrogen-bond acceptors (Lipinski definition) is 3. The van der Waals surface area contributed by atoms with Crippen molar-refractivity contribution in [3.8, 4) is 0 Å². The molecule has 0 aliphatic rings. The Balaban J connectivity index is 2.49. The van der Waals surface area contributed by atoms with Gasteiger partial charge in [-0.1, -0.05) is 28.1 Å². The van der Waals surface area contributed by atoms with Gasteiger partial charge in [-0.2, -0.15) is 0 Å². The zero-order valence-corrected chi connectivity index (χ0v) is 13.6. The van der Waals surface area contributed by atoms with E-state index in [1.165, 1.54) is 4.57 Å². The maximum Gasteiger partial charge on any atom is 0.330 e. The molecular formula is C15H17BrN2O3. The summed E-state index contributed by atoms with van der Waals surface area (Å²) in [6.07, 6.45) is 0.498. The van der Waals surface area contributed by atoms with Crippen molar-refractivity contribution < 1.29 is 4.74 Å². The molecule has 112 valence electrons. The van der Waals surface area contributed by atoms with Crippen molar-refractivity contribution in [2.24, 2.45) is 0 Å². The van der Waals surface area contributed by atoms with Crippen molar-refractivity contribution in [1.82, 2.24) is 9.55 Å². The molecule has 0 aliphatic carbocycles. The molecule has 0 bridgehead atoms. The normalized spacial score (nSPS) is 10.8. The second kappa shape index (κ2) is 6.87. The highest BCUT2D eigenvalue weighted by Crippen LogP contribution is 2.15. The van der Waals surface area contributed by atoms with Crippen LogP contribution in [0.2, 0.25) is 0 Å². The Labute approximate surface area is 130 Å². The van der Waals surface area contributed by atoms with Gasteiger partial charge in [0.05, 0.1) is 0 Å². The van der Waals surface area contributed by atoms with E-state index in [-0.39, 0.29) is 12.3 Å². The van der Waals surface area contributed by atoms with Gasteiger partial charge in [0, 0.05) is 28.8 Å². The van der Waals surface area contributed by atoms with Crippen molar-refractivity contribution in [2.75, 3.05) is 6.61 Å². The minimum absolute atomic E-state index is 0.135. The average Bonchev–Trinajstić information content (AvgIpc) is 2.44. The van der Waals surface area contributed by atoms with Gasteiger partial charge in [-0.3, -0.25) is 14.3 Å². The maximum atomic E-state index is 12.0. The molecule has 0 aliphatic heterocycles. The van der Waals surface area contributed by atoms with Gasteiger partial charge in [-0.25, -0.2) is 4.79 Å². The van der Waals surface area contributed by atoms with E-state index in [4.69, 9.17) is 4.74 Å². The number of benzene rings is 1. The summed E-state index contributed by atoms with van der Waals surface area (Å²) in [6.45, 7) is 4.21. The molecule has 5 nitrogen and oxygen atoms in total. The summed E-state index contributed by atoms with van der Waals surface area (Å²) in [4.78, 5) is 26.1. The number of aromatic amines is 1. The van der Waals surface area contributed by atoms with Gasteiger partial charge in [-0.15, -0.1) is 0 Å². The molecule has 6 heteroatoms. The Morgan fingerprint density at radius 1 is 1.33 bits per heavy atom. The quantitative estimate of drug-likeness (QED) is 0.896. The van der Waals surface area contributed by atoms with Crippen LogP contribution in [-0.2, 0) is 17.9 Å². The summed E-state index contributed by atoms with van der Waals surface area (Å²) in [7, 11) is 0. The first-order valence-electron chi connectivity index (χ1n) is 6.67. The highest BCUT2D eigenvalue weighted by Gasteiger charge is 2.12. The summed E-state index contributed by atoms with van der Waals surface area (Å²) in [5, 5.41) is 0. The Morgan fingerprint density at radius 2 is 2.10 bits per heavy atom. The van der Waals surface area contributed by atoms with Gasteiger partial charge >= 0.3 is 5.69 Å². The van der Waals surface area contributed by atoms with Crippen LogP contribution in [0.25, 0.3) is 0 Å². The van der Waals surface area contributed by atoms with E-state index in [0.717, 1.165) is 10.0 Å². The number of aromatic nitrogens is 2. The van der Waals surface area contributed by atoms with E-state index in [0.29, 0.717) is 24.3 Å². The van der Waals surface area contributed by atoms with Gasteiger partial charge in [0.1, 0.15) is 6.73 Å². The molecule has 0 unspecified atom stereocenters. The lowest BCUT2D eigenvalue weighted by atomic mass is 10.1. The lowest BCUT2D eigenvalue weighted by Gasteiger charge is -2.14. The van der Waals surface area contributed by atoms with Gasteiger partial charge in [0.25, 0.3) is 5.56 Å². The first-order chi connectivity index (χ1) is 10.0. The number of hydrogen-bond donors (Lipinski definition) is 1. The van der Waals surface area contributed by atoms with E-state index >= 15 is 0 Å². The van der Waals surface area contributed by atoms with E-state index in [2.05, 4.69) is 20.9 Å². The molecule has 0 spiro atoms. The van der Waals surface area contributed by atoms with Gasteiger partial charge < -0.3 is 4.74 Å². The monoisotopic (exact) mass is 352 g/mol. The largest absolute Gasteiger partial charge is 0.361 e. The molecule has 1 N–H and O–H groups in total. The minimum Gasteiger partial charge on any atom is -0.361 e. The highest BCUT2D eigenvalue weighted by atomic mass is 79.9. The zero-order chi connectivity index (χ0) is 15.4. The standard InChI is InChI=1S/C15H17BrN2O3/c1-3-21-9-18-13(10(2)14(19)17-15(18)20)8-11-5-4-6-12(16)7-11/h4-7H,3,8-9H2,1-2H3,(H,17,19,20). The summed E-state index contributed by atoms with van der Waals surface area (Å²) < 4.78 is 7.76. The first-order valence-corrected chi connectivity index (χ1v) is 7.47. The third kappa shape index (κ3) is 3.71. The second-order valence-corrected chi connectivity index (χ2v) is 5.60. The van der Waals surface area contributed by atoms with Crippen LogP contribution in [0.1, 0.15) is 23.7 Å². The molecule has 0 fully saturated rings. The van der Waals surface area contributed by atoms with E-state index < -0.39 is 5.69 Å². The molecule has 1 heterocycles. The van der Waals surface area contributed by atoms with Crippen LogP contribution in [0.15, 0.2) is 38.3 Å². The summed E-state index contributed by atoms with van der Waals surface area (Å²) in [5.41, 5.74) is 1.44. The van der Waals surface area contributed by atoms with Gasteiger partial charge in [0.15, 0.2) is 0 Å². The lowest BCUT2D eigenvalue weighted by molar-refractivity contribution is 0.0822. The minimum atomic E-state index is -0.441. The molecular weight excluding hydrogens is 336 g/mol. The van der Waals surface area contributed by atoms with Crippen molar-refractivity contribution >= 4 is 15.9 Å². The second-order valence-electron chi connectivity index (χ2n) is 4.69. The number of nitrogens with zero attached hydrogens (tertiary/aromatic N) is 1. The van der Waals surface area contributed by atoms with Crippen LogP contribution < -0.4 is 11.2 Å². The maximum absolute atomic E-state index is 12.0. The summed E-state index contributed by atoms with van der Waals surface area (Å²) in [5.74, 6) is 0. The van der Waals surface area contributed by atoms with Crippen molar-refractivity contribution in [3.05, 3.63) is 66.4 Å².